The van der Waals surface area contributed by atoms with E-state index in [-0.39, 0.29) is 17.0 Å². The van der Waals surface area contributed by atoms with E-state index in [0.29, 0.717) is 33.8 Å². The van der Waals surface area contributed by atoms with E-state index in [9.17, 15) is 4.79 Å². The highest BCUT2D eigenvalue weighted by molar-refractivity contribution is 6.39. The maximum atomic E-state index is 16.1. The van der Waals surface area contributed by atoms with Crippen LogP contribution in [0.4, 0.5) is 5.69 Å². The van der Waals surface area contributed by atoms with E-state index >= 15 is 14.4 Å². The van der Waals surface area contributed by atoms with Gasteiger partial charge in [-0.25, -0.2) is 9.69 Å². The Morgan fingerprint density at radius 3 is 1.43 bits per heavy atom. The van der Waals surface area contributed by atoms with Crippen molar-refractivity contribution in [2.24, 2.45) is 11.8 Å². The van der Waals surface area contributed by atoms with Gasteiger partial charge in [0.05, 0.1) is 55.2 Å². The summed E-state index contributed by atoms with van der Waals surface area (Å²) in [7, 11) is 4.45. The summed E-state index contributed by atoms with van der Waals surface area (Å²) in [4.78, 5) is 60.3. The SMILES string of the molecule is COC(=O)c1cccc(N2C(=O)[C@@H]3[C@@H](C2=O)[C@@]2(c4ccccc4)C(=O)[C@@]3(c3ccccc3)C(c3ccc(OC)cc3)=C2c2ccc(OC)cc2)c1. The molecule has 1 aliphatic heterocycles. The molecule has 0 radical (unpaired) electrons. The molecule has 1 saturated heterocycles. The van der Waals surface area contributed by atoms with E-state index < -0.39 is 40.4 Å². The Bertz CT molecular complexity index is 2120. The molecule has 4 atom stereocenters. The number of allylic oxidation sites excluding steroid dienone is 2. The molecule has 1 heterocycles. The van der Waals surface area contributed by atoms with Gasteiger partial charge in [0.1, 0.15) is 11.5 Å². The molecule has 3 aliphatic rings. The van der Waals surface area contributed by atoms with Crippen molar-refractivity contribution in [3.63, 3.8) is 0 Å². The minimum absolute atomic E-state index is 0.193. The number of ketones is 1. The van der Waals surface area contributed by atoms with E-state index in [1.807, 2.05) is 109 Å². The van der Waals surface area contributed by atoms with Crippen molar-refractivity contribution in [3.8, 4) is 11.5 Å². The summed E-state index contributed by atoms with van der Waals surface area (Å²) in [6, 6.07) is 39.9. The van der Waals surface area contributed by atoms with Gasteiger partial charge in [-0.3, -0.25) is 14.4 Å². The van der Waals surface area contributed by atoms with Crippen LogP contribution in [0.3, 0.4) is 0 Å². The molecule has 5 aromatic rings. The van der Waals surface area contributed by atoms with Crippen LogP contribution in [0.15, 0.2) is 133 Å². The molecular weight excluding hydrogens is 642 g/mol. The van der Waals surface area contributed by atoms with E-state index in [0.717, 1.165) is 16.0 Å². The summed E-state index contributed by atoms with van der Waals surface area (Å²) >= 11 is 0. The first-order valence-corrected chi connectivity index (χ1v) is 16.6. The lowest BCUT2D eigenvalue weighted by atomic mass is 9.59. The fourth-order valence-corrected chi connectivity index (χ4v) is 8.78. The zero-order valence-electron chi connectivity index (χ0n) is 28.2. The highest BCUT2D eigenvalue weighted by atomic mass is 16.5. The third-order valence-corrected chi connectivity index (χ3v) is 10.7. The molecule has 2 amide bonds. The summed E-state index contributed by atoms with van der Waals surface area (Å²) < 4.78 is 16.0. The maximum absolute atomic E-state index is 16.1. The van der Waals surface area contributed by atoms with Crippen LogP contribution in [0.5, 0.6) is 11.5 Å². The van der Waals surface area contributed by atoms with Gasteiger partial charge < -0.3 is 14.2 Å². The summed E-state index contributed by atoms with van der Waals surface area (Å²) in [5.74, 6) is -2.81. The van der Waals surface area contributed by atoms with Gasteiger partial charge in [-0.2, -0.15) is 0 Å². The minimum Gasteiger partial charge on any atom is -0.497 e. The molecule has 0 spiro atoms. The van der Waals surface area contributed by atoms with Crippen molar-refractivity contribution in [3.05, 3.63) is 161 Å². The number of nitrogens with zero attached hydrogens (tertiary/aromatic N) is 1. The molecule has 8 nitrogen and oxygen atoms in total. The summed E-state index contributed by atoms with van der Waals surface area (Å²) in [6.45, 7) is 0. The number of hydrogen-bond acceptors (Lipinski definition) is 7. The molecule has 8 heteroatoms. The van der Waals surface area contributed by atoms with Gasteiger partial charge in [0.2, 0.25) is 11.8 Å². The number of ether oxygens (including phenoxy) is 3. The van der Waals surface area contributed by atoms with Crippen molar-refractivity contribution >= 4 is 40.4 Å². The van der Waals surface area contributed by atoms with Gasteiger partial charge in [0.15, 0.2) is 5.78 Å². The Morgan fingerprint density at radius 1 is 0.569 bits per heavy atom. The van der Waals surface area contributed by atoms with Gasteiger partial charge in [-0.1, -0.05) is 91.0 Å². The smallest absolute Gasteiger partial charge is 0.337 e. The number of esters is 1. The molecule has 2 fully saturated rings. The lowest BCUT2D eigenvalue weighted by Crippen LogP contribution is -2.45. The molecule has 2 bridgehead atoms. The van der Waals surface area contributed by atoms with E-state index in [4.69, 9.17) is 14.2 Å². The average molecular weight is 676 g/mol. The fraction of sp³-hybridized carbons (Fsp3) is 0.163. The van der Waals surface area contributed by atoms with Crippen LogP contribution < -0.4 is 14.4 Å². The van der Waals surface area contributed by atoms with Crippen LogP contribution >= 0.6 is 0 Å². The molecule has 0 aromatic heterocycles. The van der Waals surface area contributed by atoms with Crippen LogP contribution in [0.25, 0.3) is 11.1 Å². The largest absolute Gasteiger partial charge is 0.497 e. The number of amides is 2. The van der Waals surface area contributed by atoms with Gasteiger partial charge in [-0.05, 0) is 75.9 Å². The van der Waals surface area contributed by atoms with Crippen molar-refractivity contribution in [1.29, 1.82) is 0 Å². The second-order valence-corrected chi connectivity index (χ2v) is 12.9. The van der Waals surface area contributed by atoms with E-state index in [1.54, 1.807) is 32.4 Å². The Hall–Kier alpha value is -6.28. The summed E-state index contributed by atoms with van der Waals surface area (Å²) in [5, 5.41) is 0. The third kappa shape index (κ3) is 4.26. The van der Waals surface area contributed by atoms with Crippen molar-refractivity contribution in [2.75, 3.05) is 26.2 Å². The van der Waals surface area contributed by atoms with E-state index in [2.05, 4.69) is 0 Å². The zero-order chi connectivity index (χ0) is 35.5. The number of carbonyl (C=O) groups excluding carboxylic acids is 4. The predicted molar refractivity (Wildman–Crippen MR) is 191 cm³/mol. The Kier molecular flexibility index (Phi) is 7.49. The summed E-state index contributed by atoms with van der Waals surface area (Å²) in [5.41, 5.74) is 1.26. The molecule has 0 N–H and O–H groups in total. The third-order valence-electron chi connectivity index (χ3n) is 10.7. The first-order chi connectivity index (χ1) is 24.8. The molecule has 1 saturated carbocycles. The molecule has 0 unspecified atom stereocenters. The topological polar surface area (TPSA) is 99.2 Å². The highest BCUT2D eigenvalue weighted by Crippen LogP contribution is 2.74. The van der Waals surface area contributed by atoms with E-state index in [1.165, 1.54) is 13.2 Å². The van der Waals surface area contributed by atoms with Gasteiger partial charge in [0, 0.05) is 0 Å². The Labute approximate surface area is 294 Å². The second-order valence-electron chi connectivity index (χ2n) is 12.9. The number of anilines is 1. The number of benzene rings is 5. The van der Waals surface area contributed by atoms with Crippen LogP contribution in [0, 0.1) is 11.8 Å². The Morgan fingerprint density at radius 2 is 1.02 bits per heavy atom. The monoisotopic (exact) mass is 675 g/mol. The molecular formula is C43H33NO7. The number of hydrogen-bond donors (Lipinski definition) is 0. The second kappa shape index (κ2) is 11.9. The number of carbonyl (C=O) groups is 4. The zero-order valence-corrected chi connectivity index (χ0v) is 28.2. The molecule has 2 aliphatic carbocycles. The Balaban J connectivity index is 1.51. The molecule has 252 valence electrons. The van der Waals surface area contributed by atoms with Gasteiger partial charge in [-0.15, -0.1) is 0 Å². The highest BCUT2D eigenvalue weighted by Gasteiger charge is 2.82. The number of imide groups is 1. The van der Waals surface area contributed by atoms with Crippen molar-refractivity contribution in [2.45, 2.75) is 10.8 Å². The number of Topliss-reactive ketones (excluding diaryl/α,β-unsaturated/α-hetero) is 1. The van der Waals surface area contributed by atoms with Gasteiger partial charge in [0.25, 0.3) is 0 Å². The number of rotatable bonds is 8. The average Bonchev–Trinajstić information content (AvgIpc) is 3.70. The number of fused-ring (bicyclic) bond motifs is 5. The first kappa shape index (κ1) is 32.0. The molecule has 5 aromatic carbocycles. The van der Waals surface area contributed by atoms with Crippen molar-refractivity contribution < 1.29 is 33.4 Å². The van der Waals surface area contributed by atoms with Crippen LogP contribution in [0.2, 0.25) is 0 Å². The molecule has 8 rings (SSSR count). The minimum atomic E-state index is -1.58. The standard InChI is InChI=1S/C43H33NO7/c1-49-32-21-17-26(18-22-32)34-35(27-19-23-33(50-2)24-20-27)43(30-14-8-5-9-15-30)37-36(42(34,41(43)48)29-12-6-4-7-13-29)38(45)44(39(37)46)31-16-10-11-28(25-31)40(47)51-3/h4-25,36-37H,1-3H3/t36-,37-,42-,43-/m0/s1. The first-order valence-electron chi connectivity index (χ1n) is 16.6. The quantitative estimate of drug-likeness (QED) is 0.134. The van der Waals surface area contributed by atoms with Crippen LogP contribution in [-0.4, -0.2) is 44.9 Å². The lowest BCUT2D eigenvalue weighted by Gasteiger charge is -2.39. The normalized spacial score (nSPS) is 23.4. The predicted octanol–water partition coefficient (Wildman–Crippen LogP) is 6.68. The van der Waals surface area contributed by atoms with Crippen molar-refractivity contribution in [1.82, 2.24) is 0 Å². The molecule has 51 heavy (non-hydrogen) atoms. The fourth-order valence-electron chi connectivity index (χ4n) is 8.78. The lowest BCUT2D eigenvalue weighted by molar-refractivity contribution is -0.130. The van der Waals surface area contributed by atoms with Gasteiger partial charge >= 0.3 is 5.97 Å². The van der Waals surface area contributed by atoms with Crippen LogP contribution in [0.1, 0.15) is 32.6 Å². The van der Waals surface area contributed by atoms with Crippen LogP contribution in [-0.2, 0) is 30.0 Å². The maximum Gasteiger partial charge on any atom is 0.337 e. The summed E-state index contributed by atoms with van der Waals surface area (Å²) in [6.07, 6.45) is 0. The number of methoxy groups -OCH3 is 3.